The number of carboxylic acids is 1. The van der Waals surface area contributed by atoms with Crippen LogP contribution in [0.15, 0.2) is 22.6 Å². The van der Waals surface area contributed by atoms with Crippen LogP contribution < -0.4 is 0 Å². The Balaban J connectivity index is 1.89. The molecule has 0 unspecified atom stereocenters. The minimum absolute atomic E-state index is 0.287. The van der Waals surface area contributed by atoms with Crippen LogP contribution in [-0.4, -0.2) is 29.1 Å². The van der Waals surface area contributed by atoms with E-state index < -0.39 is 5.97 Å². The van der Waals surface area contributed by atoms with Gasteiger partial charge in [-0.05, 0) is 44.5 Å². The summed E-state index contributed by atoms with van der Waals surface area (Å²) >= 11 is 0. The fraction of sp³-hybridized carbons (Fsp3) is 0.471. The largest absolute Gasteiger partial charge is 0.478 e. The zero-order valence-electron chi connectivity index (χ0n) is 12.6. The predicted octanol–water partition coefficient (Wildman–Crippen LogP) is 3.81. The molecule has 0 spiro atoms. The van der Waals surface area contributed by atoms with Gasteiger partial charge in [0.25, 0.3) is 0 Å². The second-order valence-corrected chi connectivity index (χ2v) is 6.02. The molecule has 3 rings (SSSR count). The van der Waals surface area contributed by atoms with Crippen molar-refractivity contribution in [2.45, 2.75) is 45.2 Å². The van der Waals surface area contributed by atoms with Gasteiger partial charge in [0, 0.05) is 18.0 Å². The van der Waals surface area contributed by atoms with Crippen molar-refractivity contribution in [2.24, 2.45) is 0 Å². The van der Waals surface area contributed by atoms with Gasteiger partial charge < -0.3 is 9.52 Å². The van der Waals surface area contributed by atoms with Gasteiger partial charge in [0.05, 0.1) is 0 Å². The summed E-state index contributed by atoms with van der Waals surface area (Å²) in [5.74, 6) is -0.452. The molecule has 4 nitrogen and oxygen atoms in total. The number of carbonyl (C=O) groups is 1. The zero-order chi connectivity index (χ0) is 15.0. The van der Waals surface area contributed by atoms with Gasteiger partial charge in [-0.15, -0.1) is 0 Å². The number of carboxylic acid groups (broad SMARTS) is 1. The third kappa shape index (κ3) is 2.68. The van der Waals surface area contributed by atoms with E-state index in [1.165, 1.54) is 25.7 Å². The Bertz CT molecular complexity index is 668. The van der Waals surface area contributed by atoms with E-state index in [9.17, 15) is 9.90 Å². The molecule has 0 saturated heterocycles. The van der Waals surface area contributed by atoms with Crippen molar-refractivity contribution in [3.8, 4) is 0 Å². The average Bonchev–Trinajstić information content (AvgIpc) is 3.04. The molecular weight excluding hydrogens is 266 g/mol. The first-order valence-electron chi connectivity index (χ1n) is 7.52. The van der Waals surface area contributed by atoms with Crippen molar-refractivity contribution in [1.29, 1.82) is 0 Å². The van der Waals surface area contributed by atoms with Crippen LogP contribution in [0.25, 0.3) is 11.0 Å². The first-order valence-corrected chi connectivity index (χ1v) is 7.52. The summed E-state index contributed by atoms with van der Waals surface area (Å²) in [6.07, 6.45) is 5.17. The molecule has 21 heavy (non-hydrogen) atoms. The van der Waals surface area contributed by atoms with E-state index in [0.29, 0.717) is 22.8 Å². The van der Waals surface area contributed by atoms with Crippen LogP contribution in [0.5, 0.6) is 0 Å². The van der Waals surface area contributed by atoms with Crippen LogP contribution in [0.4, 0.5) is 0 Å². The molecule has 0 radical (unpaired) electrons. The lowest BCUT2D eigenvalue weighted by Crippen LogP contribution is -2.28. The lowest BCUT2D eigenvalue weighted by molar-refractivity contribution is 0.0697. The van der Waals surface area contributed by atoms with Gasteiger partial charge in [-0.25, -0.2) is 4.79 Å². The summed E-state index contributed by atoms with van der Waals surface area (Å²) in [7, 11) is 2.15. The van der Waals surface area contributed by atoms with E-state index in [0.717, 1.165) is 12.1 Å². The Morgan fingerprint density at radius 3 is 2.76 bits per heavy atom. The molecule has 1 aromatic heterocycles. The topological polar surface area (TPSA) is 53.7 Å². The second kappa shape index (κ2) is 5.53. The van der Waals surface area contributed by atoms with E-state index in [-0.39, 0.29) is 5.56 Å². The highest BCUT2D eigenvalue weighted by Crippen LogP contribution is 2.28. The van der Waals surface area contributed by atoms with Gasteiger partial charge in [0.2, 0.25) is 0 Å². The number of aryl methyl sites for hydroxylation is 1. The number of hydrogen-bond donors (Lipinski definition) is 1. The van der Waals surface area contributed by atoms with Crippen molar-refractivity contribution >= 4 is 16.9 Å². The highest BCUT2D eigenvalue weighted by atomic mass is 16.4. The summed E-state index contributed by atoms with van der Waals surface area (Å²) in [6.45, 7) is 2.55. The fourth-order valence-corrected chi connectivity index (χ4v) is 3.39. The summed E-state index contributed by atoms with van der Waals surface area (Å²) < 4.78 is 5.53. The SMILES string of the molecule is Cc1oc2ccc(CN(C)C3CCCC3)cc2c1C(=O)O. The van der Waals surface area contributed by atoms with Crippen LogP contribution in [0.2, 0.25) is 0 Å². The van der Waals surface area contributed by atoms with Gasteiger partial charge in [0.1, 0.15) is 16.9 Å². The minimum atomic E-state index is -0.924. The van der Waals surface area contributed by atoms with Gasteiger partial charge in [-0.1, -0.05) is 18.9 Å². The molecular formula is C17H21NO3. The molecule has 1 saturated carbocycles. The molecule has 2 aromatic rings. The summed E-state index contributed by atoms with van der Waals surface area (Å²) in [5, 5.41) is 10.0. The molecule has 1 heterocycles. The number of nitrogens with zero attached hydrogens (tertiary/aromatic N) is 1. The van der Waals surface area contributed by atoms with Crippen LogP contribution in [-0.2, 0) is 6.54 Å². The molecule has 1 N–H and O–H groups in total. The maximum absolute atomic E-state index is 11.4. The molecule has 1 aromatic carbocycles. The highest BCUT2D eigenvalue weighted by molar-refractivity contribution is 6.03. The molecule has 0 bridgehead atoms. The standard InChI is InChI=1S/C17H21NO3/c1-11-16(17(19)20)14-9-12(7-8-15(14)21-11)10-18(2)13-5-3-4-6-13/h7-9,13H,3-6,10H2,1-2H3,(H,19,20). The molecule has 1 aliphatic carbocycles. The van der Waals surface area contributed by atoms with Gasteiger partial charge in [-0.3, -0.25) is 4.90 Å². The predicted molar refractivity (Wildman–Crippen MR) is 81.6 cm³/mol. The molecule has 112 valence electrons. The molecule has 0 aliphatic heterocycles. The first kappa shape index (κ1) is 14.1. The van der Waals surface area contributed by atoms with Crippen molar-refractivity contribution in [2.75, 3.05) is 7.05 Å². The fourth-order valence-electron chi connectivity index (χ4n) is 3.39. The zero-order valence-corrected chi connectivity index (χ0v) is 12.6. The number of aromatic carboxylic acids is 1. The number of hydrogen-bond acceptors (Lipinski definition) is 3. The van der Waals surface area contributed by atoms with E-state index in [1.54, 1.807) is 6.92 Å². The Kier molecular flexibility index (Phi) is 3.72. The van der Waals surface area contributed by atoms with Crippen LogP contribution in [0, 0.1) is 6.92 Å². The third-order valence-electron chi connectivity index (χ3n) is 4.52. The Morgan fingerprint density at radius 1 is 1.38 bits per heavy atom. The van der Waals surface area contributed by atoms with E-state index in [2.05, 4.69) is 11.9 Å². The molecule has 0 atom stereocenters. The van der Waals surface area contributed by atoms with E-state index in [4.69, 9.17) is 4.42 Å². The van der Waals surface area contributed by atoms with Gasteiger partial charge in [0.15, 0.2) is 0 Å². The molecule has 1 aliphatic rings. The van der Waals surface area contributed by atoms with Crippen molar-refractivity contribution in [1.82, 2.24) is 4.90 Å². The number of furan rings is 1. The Labute approximate surface area is 124 Å². The lowest BCUT2D eigenvalue weighted by atomic mass is 10.1. The van der Waals surface area contributed by atoms with Crippen LogP contribution in [0.1, 0.15) is 47.4 Å². The first-order chi connectivity index (χ1) is 10.1. The summed E-state index contributed by atoms with van der Waals surface area (Å²) in [6, 6.07) is 6.53. The minimum Gasteiger partial charge on any atom is -0.478 e. The normalized spacial score (nSPS) is 16.1. The third-order valence-corrected chi connectivity index (χ3v) is 4.52. The van der Waals surface area contributed by atoms with Gasteiger partial charge >= 0.3 is 5.97 Å². The average molecular weight is 287 g/mol. The maximum atomic E-state index is 11.4. The number of fused-ring (bicyclic) bond motifs is 1. The smallest absolute Gasteiger partial charge is 0.339 e. The molecule has 4 heteroatoms. The maximum Gasteiger partial charge on any atom is 0.339 e. The highest BCUT2D eigenvalue weighted by Gasteiger charge is 2.21. The molecule has 0 amide bonds. The Hall–Kier alpha value is -1.81. The number of benzene rings is 1. The van der Waals surface area contributed by atoms with E-state index in [1.807, 2.05) is 18.2 Å². The second-order valence-electron chi connectivity index (χ2n) is 6.02. The van der Waals surface area contributed by atoms with Crippen molar-refractivity contribution in [3.05, 3.63) is 35.1 Å². The number of rotatable bonds is 4. The van der Waals surface area contributed by atoms with Crippen LogP contribution in [0.3, 0.4) is 0 Å². The summed E-state index contributed by atoms with van der Waals surface area (Å²) in [4.78, 5) is 13.7. The quantitative estimate of drug-likeness (QED) is 0.929. The van der Waals surface area contributed by atoms with Gasteiger partial charge in [-0.2, -0.15) is 0 Å². The van der Waals surface area contributed by atoms with E-state index >= 15 is 0 Å². The van der Waals surface area contributed by atoms with Crippen molar-refractivity contribution < 1.29 is 14.3 Å². The lowest BCUT2D eigenvalue weighted by Gasteiger charge is -2.24. The summed E-state index contributed by atoms with van der Waals surface area (Å²) in [5.41, 5.74) is 2.08. The Morgan fingerprint density at radius 2 is 2.10 bits per heavy atom. The monoisotopic (exact) mass is 287 g/mol. The van der Waals surface area contributed by atoms with Crippen molar-refractivity contribution in [3.63, 3.8) is 0 Å². The molecule has 1 fully saturated rings. The van der Waals surface area contributed by atoms with Crippen LogP contribution >= 0.6 is 0 Å².